The van der Waals surface area contributed by atoms with Gasteiger partial charge in [0.05, 0.1) is 76.6 Å². The highest BCUT2D eigenvalue weighted by atomic mass is 16.8. The lowest BCUT2D eigenvalue weighted by Crippen LogP contribution is -2.72. The van der Waals surface area contributed by atoms with Gasteiger partial charge in [0.2, 0.25) is 23.6 Å². The Kier molecular flexibility index (Phi) is 55.8. The largest absolute Gasteiger partial charge is 0.477 e. The normalized spacial score (nSPS) is 36.1. The number of unbranched alkanes of at least 4 members (excludes halogenated alkanes) is 30. The van der Waals surface area contributed by atoms with Gasteiger partial charge >= 0.3 is 5.97 Å². The summed E-state index contributed by atoms with van der Waals surface area (Å²) in [4.78, 5) is 67.2. The second kappa shape index (κ2) is 63.9. The molecule has 7 aliphatic rings. The van der Waals surface area contributed by atoms with Crippen molar-refractivity contribution in [2.24, 2.45) is 0 Å². The molecule has 0 aromatic carbocycles. The van der Waals surface area contributed by atoms with Gasteiger partial charge in [0, 0.05) is 33.6 Å². The molecule has 44 heteroatoms. The number of nitrogens with one attached hydrogen (secondary N) is 4. The van der Waals surface area contributed by atoms with Crippen LogP contribution in [0.25, 0.3) is 0 Å². The first kappa shape index (κ1) is 121. The number of aliphatic carboxylic acids is 1. The van der Waals surface area contributed by atoms with Crippen LogP contribution in [0.1, 0.15) is 266 Å². The topological polar surface area (TPSA) is 688 Å². The van der Waals surface area contributed by atoms with E-state index in [4.69, 9.17) is 66.3 Å². The number of hydrogen-bond donors (Lipinski definition) is 25. The summed E-state index contributed by atoms with van der Waals surface area (Å²) in [5.74, 6) is -8.94. The first-order valence-electron chi connectivity index (χ1n) is 50.6. The summed E-state index contributed by atoms with van der Waals surface area (Å²) in [6, 6.07) is -6.93. The summed E-state index contributed by atoms with van der Waals surface area (Å²) >= 11 is 0. The van der Waals surface area contributed by atoms with E-state index in [1.807, 2.05) is 0 Å². The van der Waals surface area contributed by atoms with Crippen LogP contribution in [0.2, 0.25) is 0 Å². The van der Waals surface area contributed by atoms with E-state index in [0.29, 0.717) is 12.8 Å². The van der Waals surface area contributed by atoms with E-state index < -0.39 is 315 Å². The van der Waals surface area contributed by atoms with Gasteiger partial charge in [-0.3, -0.25) is 19.2 Å². The van der Waals surface area contributed by atoms with Gasteiger partial charge in [-0.05, 0) is 51.9 Å². The maximum absolute atomic E-state index is 14.1. The molecule has 0 radical (unpaired) electrons. The third kappa shape index (κ3) is 37.1. The summed E-state index contributed by atoms with van der Waals surface area (Å²) in [6.07, 6.45) is -25.0. The Morgan fingerprint density at radius 2 is 0.755 bits per heavy atom. The number of aliphatic hydroxyl groups excluding tert-OH is 20. The third-order valence-corrected chi connectivity index (χ3v) is 26.8. The fraction of sp³-hybridized carbons (Fsp3) is 0.905. The molecule has 808 valence electrons. The number of carbonyl (C=O) groups is 5. The number of carbonyl (C=O) groups excluding carboxylic acids is 4. The lowest BCUT2D eigenvalue weighted by molar-refractivity contribution is -0.404. The third-order valence-electron chi connectivity index (χ3n) is 26.8. The number of ether oxygens (including phenoxy) is 14. The van der Waals surface area contributed by atoms with Crippen molar-refractivity contribution in [3.05, 3.63) is 24.3 Å². The Bertz CT molecular complexity index is 3480. The summed E-state index contributed by atoms with van der Waals surface area (Å²) in [6.45, 7) is 0.910. The van der Waals surface area contributed by atoms with Crippen molar-refractivity contribution in [1.29, 1.82) is 0 Å². The van der Waals surface area contributed by atoms with Gasteiger partial charge in [-0.25, -0.2) is 4.79 Å². The van der Waals surface area contributed by atoms with E-state index in [9.17, 15) is 131 Å². The number of allylic oxidation sites excluding steroid dienone is 3. The quantitative estimate of drug-likeness (QED) is 0.0248. The molecule has 0 aliphatic carbocycles. The van der Waals surface area contributed by atoms with Gasteiger partial charge in [-0.15, -0.1) is 0 Å². The highest BCUT2D eigenvalue weighted by Crippen LogP contribution is 2.43. The molecule has 14 unspecified atom stereocenters. The molecule has 0 saturated carbocycles. The van der Waals surface area contributed by atoms with Crippen molar-refractivity contribution < 1.29 is 198 Å². The molecular formula is C95H168N4O40. The summed E-state index contributed by atoms with van der Waals surface area (Å²) < 4.78 is 85.1. The zero-order chi connectivity index (χ0) is 102. The van der Waals surface area contributed by atoms with Crippen LogP contribution in [0, 0.1) is 0 Å². The molecule has 0 aromatic rings. The standard InChI is InChI=1S/C95H168N4O40/c1-7-9-11-13-15-17-19-21-22-23-24-25-26-27-28-29-30-32-34-36-38-40-42-44-66(112)99-57(58(109)43-41-39-37-35-33-31-20-18-16-14-12-10-8-2)52-126-90-78(121)76(119)81(64(50-104)131-90)133-93-80(123)87(139-95(94(124)125)45-59(110)67(96-54(4)106)85(138-95)71(114)60(111)46-100)82(65(51-105)132-93)134-88-68(97-55(5)107)84(73(116)61(47-101)128-88)136-92-79(122)86(74(117)63(49-103)130-92)137-89-69(98-56(6)108)83(72(115)62(48-102)129-89)135-91-77(120)75(118)70(113)53(3)127-91/h21-22,41,43,53,57-65,67-93,100-105,109-111,113-123H,7-20,23-40,42,44-52H2,1-6H3,(H,96,106)(H,97,107)(H,98,108)(H,99,112)(H,124,125)/b22-21-,43-41+/t53?,57-,58+,59?,60+,61?,62?,63?,64?,65?,67+,68?,69?,70+,71+,72-,73-,74-,75?,76+,77-,78?,79?,80?,81+,82-,83+,84+,85?,86-,87+,88-,89-,90+,91+,92-,93-,95-/m0/s1. The molecule has 38 atom stereocenters. The Balaban J connectivity index is 1.11. The number of carboxylic acid groups (broad SMARTS) is 1. The number of hydrogen-bond acceptors (Lipinski definition) is 39. The van der Waals surface area contributed by atoms with Gasteiger partial charge in [-0.1, -0.05) is 205 Å². The molecule has 7 rings (SSSR count). The van der Waals surface area contributed by atoms with Crippen molar-refractivity contribution in [1.82, 2.24) is 21.3 Å². The van der Waals surface area contributed by atoms with Crippen molar-refractivity contribution in [2.45, 2.75) is 499 Å². The molecular weight excluding hydrogens is 1840 g/mol. The Morgan fingerprint density at radius 1 is 0.388 bits per heavy atom. The fourth-order valence-corrected chi connectivity index (χ4v) is 18.7. The summed E-state index contributed by atoms with van der Waals surface area (Å²) in [7, 11) is 0. The highest BCUT2D eigenvalue weighted by molar-refractivity contribution is 5.77. The van der Waals surface area contributed by atoms with Crippen LogP contribution in [0.4, 0.5) is 0 Å². The zero-order valence-corrected chi connectivity index (χ0v) is 81.5. The molecule has 4 amide bonds. The van der Waals surface area contributed by atoms with Gasteiger partial charge in [0.25, 0.3) is 5.79 Å². The minimum Gasteiger partial charge on any atom is -0.477 e. The molecule has 139 heavy (non-hydrogen) atoms. The first-order chi connectivity index (χ1) is 66.6. The fourth-order valence-electron chi connectivity index (χ4n) is 18.7. The van der Waals surface area contributed by atoms with Gasteiger partial charge in [0.15, 0.2) is 37.7 Å². The van der Waals surface area contributed by atoms with Gasteiger partial charge in [0.1, 0.15) is 159 Å². The zero-order valence-electron chi connectivity index (χ0n) is 81.5. The van der Waals surface area contributed by atoms with E-state index in [-0.39, 0.29) is 6.42 Å². The highest BCUT2D eigenvalue weighted by Gasteiger charge is 2.64. The second-order valence-electron chi connectivity index (χ2n) is 38.1. The Hall–Kier alpha value is -4.53. The SMILES string of the molecule is CCCCCCCC/C=C\CCCCCCCCCCCCCCCC(=O)N[C@@H](CO[C@@H]1OC(CO)[C@@H](O[C@@H]2OC(CO)[C@H](O[C@@H]3OC(CO)[C@H](O)[C@H](O[C@@H]4OC(CO)[C@H](O)[C@H](O[C@@H]5OC(CO)[C@H](O)[C@H](O[C@H]6OC(C)[C@@H](O)C(O)[C@@H]6O)C5NC(C)=O)C4O)C3NC(C)=O)[C@H](O[C@]3(C(=O)O)CC(O)[C@@H](NC(C)=O)C([C@H](O)[C@H](O)CO)O3)C2O)[C@H](O)C1O)[C@H](O)/C=C/CCCCCCCCCCCCC. The van der Waals surface area contributed by atoms with Crippen LogP contribution in [-0.4, -0.2) is 416 Å². The van der Waals surface area contributed by atoms with E-state index in [2.05, 4.69) is 47.3 Å². The molecule has 7 saturated heterocycles. The predicted octanol–water partition coefficient (Wildman–Crippen LogP) is -1.33. The predicted molar refractivity (Wildman–Crippen MR) is 491 cm³/mol. The molecule has 7 aliphatic heterocycles. The van der Waals surface area contributed by atoms with Crippen LogP contribution < -0.4 is 21.3 Å². The molecule has 0 spiro atoms. The molecule has 0 aromatic heterocycles. The van der Waals surface area contributed by atoms with E-state index in [1.165, 1.54) is 141 Å². The van der Waals surface area contributed by atoms with Crippen LogP contribution in [0.15, 0.2) is 24.3 Å². The summed E-state index contributed by atoms with van der Waals surface area (Å²) in [5.41, 5.74) is 0. The number of carboxylic acids is 1. The molecule has 7 fully saturated rings. The van der Waals surface area contributed by atoms with Crippen LogP contribution >= 0.6 is 0 Å². The lowest BCUT2D eigenvalue weighted by Gasteiger charge is -2.53. The van der Waals surface area contributed by atoms with Crippen molar-refractivity contribution >= 4 is 29.6 Å². The average molecular weight is 2010 g/mol. The Labute approximate surface area is 814 Å². The second-order valence-corrected chi connectivity index (χ2v) is 38.1. The van der Waals surface area contributed by atoms with E-state index in [0.717, 1.165) is 91.4 Å². The number of rotatable bonds is 65. The molecule has 0 bridgehead atoms. The number of amides is 4. The van der Waals surface area contributed by atoms with Crippen LogP contribution in [0.3, 0.4) is 0 Å². The first-order valence-corrected chi connectivity index (χ1v) is 50.6. The Morgan fingerprint density at radius 3 is 1.20 bits per heavy atom. The maximum Gasteiger partial charge on any atom is 0.364 e. The molecule has 25 N–H and O–H groups in total. The minimum absolute atomic E-state index is 0.0975. The average Bonchev–Trinajstić information content (AvgIpc) is 0.737. The monoisotopic (exact) mass is 2010 g/mol. The van der Waals surface area contributed by atoms with Crippen LogP contribution in [0.5, 0.6) is 0 Å². The van der Waals surface area contributed by atoms with Crippen LogP contribution in [-0.2, 0) is 90.3 Å². The molecule has 7 heterocycles. The summed E-state index contributed by atoms with van der Waals surface area (Å²) in [5, 5.41) is 250. The maximum atomic E-state index is 14.1. The minimum atomic E-state index is -3.49. The smallest absolute Gasteiger partial charge is 0.364 e. The van der Waals surface area contributed by atoms with E-state index in [1.54, 1.807) is 6.08 Å². The van der Waals surface area contributed by atoms with E-state index >= 15 is 0 Å². The van der Waals surface area contributed by atoms with Crippen molar-refractivity contribution in [2.75, 3.05) is 46.2 Å². The van der Waals surface area contributed by atoms with Crippen molar-refractivity contribution in [3.8, 4) is 0 Å². The molecule has 44 nitrogen and oxygen atoms in total. The van der Waals surface area contributed by atoms with Gasteiger partial charge < -0.3 is 195 Å². The number of aliphatic hydroxyl groups is 20. The van der Waals surface area contributed by atoms with Crippen molar-refractivity contribution in [3.63, 3.8) is 0 Å². The van der Waals surface area contributed by atoms with Gasteiger partial charge in [-0.2, -0.15) is 0 Å². The lowest BCUT2D eigenvalue weighted by atomic mass is 9.88.